The van der Waals surface area contributed by atoms with Crippen LogP contribution in [0.2, 0.25) is 0 Å². The van der Waals surface area contributed by atoms with Crippen LogP contribution in [0.15, 0.2) is 72.2 Å². The largest absolute Gasteiger partial charge is 0.494 e. The Morgan fingerprint density at radius 1 is 0.977 bits per heavy atom. The summed E-state index contributed by atoms with van der Waals surface area (Å²) in [5.74, 6) is 0.466. The lowest BCUT2D eigenvalue weighted by molar-refractivity contribution is 0.117. The number of aromatic nitrogens is 5. The van der Waals surface area contributed by atoms with Gasteiger partial charge < -0.3 is 14.2 Å². The minimum Gasteiger partial charge on any atom is -0.494 e. The van der Waals surface area contributed by atoms with E-state index in [1.165, 1.54) is 37.7 Å². The topological polar surface area (TPSA) is 118 Å². The molecule has 5 aromatic rings. The predicted octanol–water partition coefficient (Wildman–Crippen LogP) is 5.38. The molecule has 0 unspecified atom stereocenters. The summed E-state index contributed by atoms with van der Waals surface area (Å²) in [5, 5.41) is 10.3. The Morgan fingerprint density at radius 2 is 1.73 bits per heavy atom. The maximum absolute atomic E-state index is 14.2. The zero-order valence-electron chi connectivity index (χ0n) is 24.5. The van der Waals surface area contributed by atoms with Crippen molar-refractivity contribution in [1.29, 1.82) is 0 Å². The van der Waals surface area contributed by atoms with Crippen molar-refractivity contribution in [3.63, 3.8) is 0 Å². The fourth-order valence-electron chi connectivity index (χ4n) is 4.74. The van der Waals surface area contributed by atoms with Gasteiger partial charge in [-0.1, -0.05) is 36.4 Å². The fraction of sp³-hybridized carbons (Fsp3) is 0.290. The van der Waals surface area contributed by atoms with Gasteiger partial charge in [-0.2, -0.15) is 0 Å². The molecule has 3 aromatic heterocycles. The first-order valence-corrected chi connectivity index (χ1v) is 16.4. The second kappa shape index (κ2) is 14.1. The van der Waals surface area contributed by atoms with Crippen LogP contribution in [-0.2, 0) is 33.4 Å². The molecule has 0 bridgehead atoms. The van der Waals surface area contributed by atoms with Crippen LogP contribution >= 0.6 is 11.3 Å². The Hall–Kier alpha value is -4.20. The van der Waals surface area contributed by atoms with Crippen LogP contribution in [-0.4, -0.2) is 59.2 Å². The molecule has 0 N–H and O–H groups in total. The SMILES string of the molecule is COc1cccc(OC)c1-n1c(CS(=O)(=O)[C@@H](CCOCc2ccccc2)Cc2ccc(F)cn2)nnc1-c1nc(C)cs1. The van der Waals surface area contributed by atoms with Gasteiger partial charge in [0.05, 0.1) is 32.3 Å². The number of hydrogen-bond acceptors (Lipinski definition) is 10. The third-order valence-corrected chi connectivity index (χ3v) is 9.96. The first-order chi connectivity index (χ1) is 21.3. The number of benzene rings is 2. The molecule has 0 aliphatic rings. The molecule has 0 amide bonds. The number of pyridine rings is 1. The Morgan fingerprint density at radius 3 is 2.36 bits per heavy atom. The molecule has 0 saturated carbocycles. The highest BCUT2D eigenvalue weighted by atomic mass is 32.2. The molecule has 0 radical (unpaired) electrons. The highest BCUT2D eigenvalue weighted by Gasteiger charge is 2.32. The molecule has 230 valence electrons. The summed E-state index contributed by atoms with van der Waals surface area (Å²) in [5.41, 5.74) is 2.69. The molecule has 3 heterocycles. The van der Waals surface area contributed by atoms with E-state index in [1.807, 2.05) is 42.6 Å². The van der Waals surface area contributed by atoms with Gasteiger partial charge in [-0.25, -0.2) is 17.8 Å². The van der Waals surface area contributed by atoms with E-state index in [1.54, 1.807) is 22.8 Å². The Kier molecular flexibility index (Phi) is 9.98. The van der Waals surface area contributed by atoms with Crippen molar-refractivity contribution in [1.82, 2.24) is 24.7 Å². The molecular formula is C31H32FN5O5S2. The zero-order chi connectivity index (χ0) is 31.1. The van der Waals surface area contributed by atoms with Gasteiger partial charge in [0, 0.05) is 29.8 Å². The Bertz CT molecular complexity index is 1770. The lowest BCUT2D eigenvalue weighted by Gasteiger charge is -2.19. The molecule has 13 heteroatoms. The van der Waals surface area contributed by atoms with E-state index in [0.717, 1.165) is 17.5 Å². The Labute approximate surface area is 259 Å². The monoisotopic (exact) mass is 637 g/mol. The van der Waals surface area contributed by atoms with Gasteiger partial charge in [-0.3, -0.25) is 9.55 Å². The summed E-state index contributed by atoms with van der Waals surface area (Å²) >= 11 is 1.37. The molecule has 2 aromatic carbocycles. The molecule has 10 nitrogen and oxygen atoms in total. The average Bonchev–Trinajstić information content (AvgIpc) is 3.64. The minimum absolute atomic E-state index is 0.0714. The van der Waals surface area contributed by atoms with Crippen molar-refractivity contribution in [3.8, 4) is 28.0 Å². The second-order valence-corrected chi connectivity index (χ2v) is 13.1. The van der Waals surface area contributed by atoms with Crippen molar-refractivity contribution in [3.05, 3.63) is 101 Å². The number of nitrogens with zero attached hydrogens (tertiary/aromatic N) is 5. The van der Waals surface area contributed by atoms with Crippen molar-refractivity contribution >= 4 is 21.2 Å². The highest BCUT2D eigenvalue weighted by Crippen LogP contribution is 2.37. The quantitative estimate of drug-likeness (QED) is 0.148. The lowest BCUT2D eigenvalue weighted by Crippen LogP contribution is -2.28. The van der Waals surface area contributed by atoms with Gasteiger partial charge in [0.2, 0.25) is 0 Å². The maximum Gasteiger partial charge on any atom is 0.197 e. The number of halogens is 1. The molecule has 0 saturated heterocycles. The van der Waals surface area contributed by atoms with Gasteiger partial charge in [-0.05, 0) is 43.2 Å². The summed E-state index contributed by atoms with van der Waals surface area (Å²) < 4.78 is 60.7. The van der Waals surface area contributed by atoms with E-state index in [-0.39, 0.29) is 25.3 Å². The summed E-state index contributed by atoms with van der Waals surface area (Å²) in [6, 6.07) is 17.7. The molecule has 1 atom stereocenters. The van der Waals surface area contributed by atoms with Crippen LogP contribution < -0.4 is 9.47 Å². The Balaban J connectivity index is 1.50. The van der Waals surface area contributed by atoms with E-state index >= 15 is 0 Å². The third-order valence-electron chi connectivity index (χ3n) is 6.93. The number of sulfone groups is 1. The second-order valence-electron chi connectivity index (χ2n) is 10.0. The number of aryl methyl sites for hydroxylation is 1. The first-order valence-electron chi connectivity index (χ1n) is 13.8. The van der Waals surface area contributed by atoms with Crippen molar-refractivity contribution in [2.24, 2.45) is 0 Å². The fourth-order valence-corrected chi connectivity index (χ4v) is 7.17. The highest BCUT2D eigenvalue weighted by molar-refractivity contribution is 7.91. The van der Waals surface area contributed by atoms with Crippen LogP contribution in [0.1, 0.15) is 29.2 Å². The molecule has 0 aliphatic carbocycles. The number of hydrogen-bond donors (Lipinski definition) is 0. The van der Waals surface area contributed by atoms with Crippen LogP contribution in [0, 0.1) is 12.7 Å². The first kappa shape index (κ1) is 31.2. The summed E-state index contributed by atoms with van der Waals surface area (Å²) in [6.45, 7) is 2.40. The summed E-state index contributed by atoms with van der Waals surface area (Å²) in [7, 11) is -0.855. The number of ether oxygens (including phenoxy) is 3. The molecule has 0 fully saturated rings. The average molecular weight is 638 g/mol. The molecular weight excluding hydrogens is 606 g/mol. The normalized spacial score (nSPS) is 12.3. The van der Waals surface area contributed by atoms with Gasteiger partial charge in [-0.15, -0.1) is 21.5 Å². The molecule has 5 rings (SSSR count). The molecule has 0 spiro atoms. The minimum atomic E-state index is -3.90. The smallest absolute Gasteiger partial charge is 0.197 e. The maximum atomic E-state index is 14.2. The van der Waals surface area contributed by atoms with Gasteiger partial charge in [0.25, 0.3) is 0 Å². The summed E-state index contributed by atoms with van der Waals surface area (Å²) in [4.78, 5) is 8.69. The standard InChI is InChI=1S/C31H32FN5O5S2/c1-21-19-43-31(34-21)30-36-35-28(37(30)29-26(40-2)10-7-11-27(29)41-3)20-44(38,39)25(16-24-13-12-23(32)17-33-24)14-15-42-18-22-8-5-4-6-9-22/h4-13,17,19,25H,14-16,18,20H2,1-3H3/t25-/m0/s1. The lowest BCUT2D eigenvalue weighted by atomic mass is 10.2. The van der Waals surface area contributed by atoms with Gasteiger partial charge in [0.1, 0.15) is 28.8 Å². The van der Waals surface area contributed by atoms with Crippen LogP contribution in [0.3, 0.4) is 0 Å². The summed E-state index contributed by atoms with van der Waals surface area (Å²) in [6.07, 6.45) is 1.35. The zero-order valence-corrected chi connectivity index (χ0v) is 26.1. The van der Waals surface area contributed by atoms with Crippen molar-refractivity contribution < 1.29 is 27.0 Å². The van der Waals surface area contributed by atoms with E-state index in [0.29, 0.717) is 40.3 Å². The van der Waals surface area contributed by atoms with E-state index in [9.17, 15) is 12.8 Å². The van der Waals surface area contributed by atoms with E-state index in [4.69, 9.17) is 14.2 Å². The third kappa shape index (κ3) is 7.29. The van der Waals surface area contributed by atoms with Gasteiger partial charge in [0.15, 0.2) is 26.5 Å². The number of rotatable bonds is 14. The molecule has 0 aliphatic heterocycles. The van der Waals surface area contributed by atoms with Crippen molar-refractivity contribution in [2.45, 2.75) is 37.4 Å². The van der Waals surface area contributed by atoms with Gasteiger partial charge >= 0.3 is 0 Å². The van der Waals surface area contributed by atoms with E-state index < -0.39 is 26.7 Å². The number of methoxy groups -OCH3 is 2. The number of thiazole rings is 1. The van der Waals surface area contributed by atoms with E-state index in [2.05, 4.69) is 20.2 Å². The van der Waals surface area contributed by atoms with Crippen LogP contribution in [0.5, 0.6) is 11.5 Å². The van der Waals surface area contributed by atoms with Crippen molar-refractivity contribution in [2.75, 3.05) is 20.8 Å². The van der Waals surface area contributed by atoms with Crippen LogP contribution in [0.4, 0.5) is 4.39 Å². The number of para-hydroxylation sites is 1. The predicted molar refractivity (Wildman–Crippen MR) is 165 cm³/mol. The van der Waals surface area contributed by atoms with Crippen LogP contribution in [0.25, 0.3) is 16.5 Å². The molecule has 44 heavy (non-hydrogen) atoms.